The smallest absolute Gasteiger partial charge is 0.257 e. The van der Waals surface area contributed by atoms with Crippen LogP contribution in [0.5, 0.6) is 5.75 Å². The first kappa shape index (κ1) is 17.8. The molecular weight excluding hydrogens is 340 g/mol. The van der Waals surface area contributed by atoms with Crippen molar-refractivity contribution in [3.05, 3.63) is 47.4 Å². The van der Waals surface area contributed by atoms with E-state index in [-0.39, 0.29) is 17.6 Å². The Kier molecular flexibility index (Phi) is 4.97. The minimum atomic E-state index is -0.108. The number of carbonyl (C=O) groups excluding carboxylic acids is 1. The molecule has 4 rings (SSSR count). The van der Waals surface area contributed by atoms with E-state index in [0.717, 1.165) is 43.3 Å². The maximum atomic E-state index is 12.9. The molecule has 1 unspecified atom stereocenters. The van der Waals surface area contributed by atoms with Crippen LogP contribution in [-0.4, -0.2) is 52.1 Å². The minimum Gasteiger partial charge on any atom is -0.507 e. The Labute approximate surface area is 159 Å². The molecule has 1 amide bonds. The number of aromatic nitrogens is 2. The van der Waals surface area contributed by atoms with Crippen LogP contribution in [0.3, 0.4) is 0 Å². The molecule has 0 bridgehead atoms. The van der Waals surface area contributed by atoms with Crippen LogP contribution in [0.15, 0.2) is 30.3 Å². The Hall–Kier alpha value is -2.63. The first-order valence-electron chi connectivity index (χ1n) is 9.79. The van der Waals surface area contributed by atoms with Gasteiger partial charge in [0.05, 0.1) is 11.3 Å². The number of aromatic hydroxyl groups is 1. The summed E-state index contributed by atoms with van der Waals surface area (Å²) in [5, 5.41) is 10.0. The molecule has 6 nitrogen and oxygen atoms in total. The van der Waals surface area contributed by atoms with Crippen LogP contribution >= 0.6 is 0 Å². The molecule has 0 spiro atoms. The summed E-state index contributed by atoms with van der Waals surface area (Å²) in [6.45, 7) is 5.39. The number of piperidine rings is 1. The van der Waals surface area contributed by atoms with E-state index in [2.05, 4.69) is 20.9 Å². The topological polar surface area (TPSA) is 69.6 Å². The highest BCUT2D eigenvalue weighted by molar-refractivity contribution is 5.96. The molecule has 2 aromatic rings. The highest BCUT2D eigenvalue weighted by atomic mass is 16.3. The first-order valence-corrected chi connectivity index (χ1v) is 9.79. The molecule has 0 saturated carbocycles. The number of hydrogen-bond acceptors (Lipinski definition) is 5. The van der Waals surface area contributed by atoms with Crippen molar-refractivity contribution < 1.29 is 9.90 Å². The summed E-state index contributed by atoms with van der Waals surface area (Å²) >= 11 is 0. The van der Waals surface area contributed by atoms with Gasteiger partial charge in [0.1, 0.15) is 17.4 Å². The second-order valence-electron chi connectivity index (χ2n) is 7.50. The third-order valence-electron chi connectivity index (χ3n) is 5.54. The van der Waals surface area contributed by atoms with Crippen LogP contribution in [-0.2, 0) is 0 Å². The van der Waals surface area contributed by atoms with Gasteiger partial charge in [0.25, 0.3) is 5.91 Å². The molecule has 0 aliphatic carbocycles. The molecule has 2 saturated heterocycles. The maximum absolute atomic E-state index is 12.9. The number of anilines is 1. The third-order valence-corrected chi connectivity index (χ3v) is 5.54. The lowest BCUT2D eigenvalue weighted by atomic mass is 9.93. The Bertz CT molecular complexity index is 833. The van der Waals surface area contributed by atoms with Gasteiger partial charge in [-0.25, -0.2) is 9.97 Å². The lowest BCUT2D eigenvalue weighted by Crippen LogP contribution is -2.39. The fourth-order valence-electron chi connectivity index (χ4n) is 4.12. The van der Waals surface area contributed by atoms with Crippen LogP contribution in [0, 0.1) is 6.92 Å². The molecule has 2 fully saturated rings. The number of hydrogen-bond donors (Lipinski definition) is 1. The van der Waals surface area contributed by atoms with Gasteiger partial charge in [0.15, 0.2) is 0 Å². The first-order chi connectivity index (χ1) is 13.1. The van der Waals surface area contributed by atoms with Crippen molar-refractivity contribution >= 4 is 11.7 Å². The third kappa shape index (κ3) is 3.75. The lowest BCUT2D eigenvalue weighted by Gasteiger charge is -2.33. The molecule has 3 heterocycles. The van der Waals surface area contributed by atoms with E-state index in [4.69, 9.17) is 0 Å². The summed E-state index contributed by atoms with van der Waals surface area (Å²) in [5.41, 5.74) is 1.40. The van der Waals surface area contributed by atoms with E-state index < -0.39 is 0 Å². The van der Waals surface area contributed by atoms with Crippen LogP contribution in [0.25, 0.3) is 0 Å². The molecule has 2 aliphatic rings. The van der Waals surface area contributed by atoms with Gasteiger partial charge in [-0.05, 0) is 44.7 Å². The van der Waals surface area contributed by atoms with Crippen molar-refractivity contribution in [1.82, 2.24) is 14.9 Å². The summed E-state index contributed by atoms with van der Waals surface area (Å²) in [6.07, 6.45) is 4.38. The van der Waals surface area contributed by atoms with E-state index in [1.807, 2.05) is 11.8 Å². The summed E-state index contributed by atoms with van der Waals surface area (Å²) in [4.78, 5) is 26.3. The number of likely N-dealkylation sites (tertiary alicyclic amines) is 1. The highest BCUT2D eigenvalue weighted by Crippen LogP contribution is 2.30. The maximum Gasteiger partial charge on any atom is 0.257 e. The molecule has 1 N–H and O–H groups in total. The normalized spacial score (nSPS) is 20.1. The van der Waals surface area contributed by atoms with Gasteiger partial charge >= 0.3 is 0 Å². The molecule has 6 heteroatoms. The van der Waals surface area contributed by atoms with Gasteiger partial charge in [0.2, 0.25) is 0 Å². The summed E-state index contributed by atoms with van der Waals surface area (Å²) < 4.78 is 0. The standard InChI is InChI=1S/C21H26N4O2/c1-15-22-18(13-20(23-15)24-10-4-5-11-24)16-7-6-12-25(14-16)21(27)17-8-2-3-9-19(17)26/h2-3,8-9,13,16,26H,4-7,10-12,14H2,1H3. The Morgan fingerprint density at radius 1 is 1.11 bits per heavy atom. The fourth-order valence-corrected chi connectivity index (χ4v) is 4.12. The number of phenolic OH excluding ortho intramolecular Hbond substituents is 1. The number of phenols is 1. The quantitative estimate of drug-likeness (QED) is 0.904. The largest absolute Gasteiger partial charge is 0.507 e. The van der Waals surface area contributed by atoms with E-state index in [1.165, 1.54) is 12.8 Å². The van der Waals surface area contributed by atoms with Gasteiger partial charge in [-0.3, -0.25) is 4.79 Å². The van der Waals surface area contributed by atoms with Crippen molar-refractivity contribution in [1.29, 1.82) is 0 Å². The van der Waals surface area contributed by atoms with Crippen molar-refractivity contribution in [3.63, 3.8) is 0 Å². The van der Waals surface area contributed by atoms with Gasteiger partial charge in [-0.15, -0.1) is 0 Å². The van der Waals surface area contributed by atoms with Gasteiger partial charge in [-0.1, -0.05) is 12.1 Å². The Morgan fingerprint density at radius 3 is 2.67 bits per heavy atom. The zero-order valence-electron chi connectivity index (χ0n) is 15.8. The van der Waals surface area contributed by atoms with Gasteiger partial charge in [0, 0.05) is 38.2 Å². The van der Waals surface area contributed by atoms with Crippen LogP contribution < -0.4 is 4.90 Å². The molecule has 0 radical (unpaired) electrons. The molecule has 27 heavy (non-hydrogen) atoms. The Morgan fingerprint density at radius 2 is 1.89 bits per heavy atom. The summed E-state index contributed by atoms with van der Waals surface area (Å²) in [5.74, 6) is 1.94. The zero-order valence-corrected chi connectivity index (χ0v) is 15.8. The number of nitrogens with zero attached hydrogens (tertiary/aromatic N) is 4. The molecule has 1 atom stereocenters. The minimum absolute atomic E-state index is 0.0406. The Balaban J connectivity index is 1.54. The van der Waals surface area contributed by atoms with E-state index in [9.17, 15) is 9.90 Å². The highest BCUT2D eigenvalue weighted by Gasteiger charge is 2.28. The predicted octanol–water partition coefficient (Wildman–Crippen LogP) is 3.11. The van der Waals surface area contributed by atoms with Crippen molar-refractivity contribution in [2.75, 3.05) is 31.1 Å². The summed E-state index contributed by atoms with van der Waals surface area (Å²) in [7, 11) is 0. The van der Waals surface area contributed by atoms with Crippen LogP contribution in [0.2, 0.25) is 0 Å². The molecule has 2 aliphatic heterocycles. The fraction of sp³-hybridized carbons (Fsp3) is 0.476. The van der Waals surface area contributed by atoms with E-state index in [0.29, 0.717) is 18.7 Å². The van der Waals surface area contributed by atoms with Crippen molar-refractivity contribution in [3.8, 4) is 5.75 Å². The molecule has 1 aromatic carbocycles. The SMILES string of the molecule is Cc1nc(C2CCCN(C(=O)c3ccccc3O)C2)cc(N2CCCC2)n1. The van der Waals surface area contributed by atoms with Gasteiger partial charge in [-0.2, -0.15) is 0 Å². The number of benzene rings is 1. The van der Waals surface area contributed by atoms with Crippen LogP contribution in [0.4, 0.5) is 5.82 Å². The number of carbonyl (C=O) groups is 1. The predicted molar refractivity (Wildman–Crippen MR) is 104 cm³/mol. The lowest BCUT2D eigenvalue weighted by molar-refractivity contribution is 0.0703. The molecular formula is C21H26N4O2. The number of amides is 1. The van der Waals surface area contributed by atoms with E-state index in [1.54, 1.807) is 24.3 Å². The average molecular weight is 366 g/mol. The summed E-state index contributed by atoms with van der Waals surface area (Å²) in [6, 6.07) is 8.86. The zero-order chi connectivity index (χ0) is 18.8. The molecule has 142 valence electrons. The second kappa shape index (κ2) is 7.55. The monoisotopic (exact) mass is 366 g/mol. The molecule has 1 aromatic heterocycles. The van der Waals surface area contributed by atoms with E-state index >= 15 is 0 Å². The number of para-hydroxylation sites is 1. The second-order valence-corrected chi connectivity index (χ2v) is 7.50. The van der Waals surface area contributed by atoms with Crippen molar-refractivity contribution in [2.45, 2.75) is 38.5 Å². The van der Waals surface area contributed by atoms with Crippen LogP contribution in [0.1, 0.15) is 53.5 Å². The van der Waals surface area contributed by atoms with Crippen molar-refractivity contribution in [2.24, 2.45) is 0 Å². The van der Waals surface area contributed by atoms with Gasteiger partial charge < -0.3 is 14.9 Å². The number of rotatable bonds is 3. The average Bonchev–Trinajstić information content (AvgIpc) is 3.22. The number of aryl methyl sites for hydroxylation is 1.